The molecular formula is C20H25F3N4O6S. The number of nitrogens with zero attached hydrogens (tertiary/aromatic N) is 3. The van der Waals surface area contributed by atoms with Gasteiger partial charge in [0.15, 0.2) is 11.9 Å². The van der Waals surface area contributed by atoms with E-state index >= 15 is 0 Å². The summed E-state index contributed by atoms with van der Waals surface area (Å²) in [5, 5.41) is 16.9. The second kappa shape index (κ2) is 8.80. The first-order valence-electron chi connectivity index (χ1n) is 10.3. The van der Waals surface area contributed by atoms with E-state index in [1.165, 1.54) is 13.8 Å². The molecule has 1 unspecified atom stereocenters. The van der Waals surface area contributed by atoms with Crippen LogP contribution in [0.4, 0.5) is 13.2 Å². The van der Waals surface area contributed by atoms with Crippen LogP contribution in [0.25, 0.3) is 0 Å². The monoisotopic (exact) mass is 506 g/mol. The van der Waals surface area contributed by atoms with E-state index in [0.29, 0.717) is 19.3 Å². The number of aryl methyl sites for hydroxylation is 1. The molecular weight excluding hydrogens is 481 g/mol. The van der Waals surface area contributed by atoms with Crippen molar-refractivity contribution in [2.75, 3.05) is 12.0 Å². The molecule has 34 heavy (non-hydrogen) atoms. The van der Waals surface area contributed by atoms with Crippen LogP contribution in [-0.4, -0.2) is 58.8 Å². The van der Waals surface area contributed by atoms with Crippen LogP contribution >= 0.6 is 0 Å². The SMILES string of the molecule is Cc1nc(C(C)(CS(C)(=O)=O)NC(=O)c2cc(O[C@@H](C)C(F)(F)F)c(C3(O)CCC3)cn2)no1. The van der Waals surface area contributed by atoms with Gasteiger partial charge in [0, 0.05) is 31.0 Å². The molecule has 1 aliphatic carbocycles. The Kier molecular flexibility index (Phi) is 6.70. The lowest BCUT2D eigenvalue weighted by Gasteiger charge is -2.38. The quantitative estimate of drug-likeness (QED) is 0.550. The summed E-state index contributed by atoms with van der Waals surface area (Å²) in [6.07, 6.45) is -3.57. The third kappa shape index (κ3) is 5.66. The molecule has 0 bridgehead atoms. The molecule has 0 spiro atoms. The van der Waals surface area contributed by atoms with Gasteiger partial charge in [0.25, 0.3) is 5.91 Å². The molecule has 1 amide bonds. The highest BCUT2D eigenvalue weighted by Gasteiger charge is 2.43. The Balaban J connectivity index is 1.97. The highest BCUT2D eigenvalue weighted by atomic mass is 32.2. The second-order valence-electron chi connectivity index (χ2n) is 8.75. The molecule has 2 aromatic rings. The zero-order valence-corrected chi connectivity index (χ0v) is 19.7. The number of carbonyl (C=O) groups is 1. The van der Waals surface area contributed by atoms with Crippen molar-refractivity contribution in [3.63, 3.8) is 0 Å². The summed E-state index contributed by atoms with van der Waals surface area (Å²) in [6, 6.07) is 0.992. The average molecular weight is 507 g/mol. The van der Waals surface area contributed by atoms with Crippen LogP contribution in [0.3, 0.4) is 0 Å². The molecule has 2 atom stereocenters. The molecule has 2 heterocycles. The van der Waals surface area contributed by atoms with Gasteiger partial charge >= 0.3 is 6.18 Å². The van der Waals surface area contributed by atoms with Gasteiger partial charge in [-0.3, -0.25) is 9.78 Å². The number of amides is 1. The van der Waals surface area contributed by atoms with Crippen LogP contribution < -0.4 is 10.1 Å². The number of alkyl halides is 3. The number of hydrogen-bond acceptors (Lipinski definition) is 9. The topological polar surface area (TPSA) is 145 Å². The number of halogens is 3. The number of pyridine rings is 1. The van der Waals surface area contributed by atoms with Crippen molar-refractivity contribution in [1.82, 2.24) is 20.4 Å². The number of sulfone groups is 1. The lowest BCUT2D eigenvalue weighted by molar-refractivity contribution is -0.190. The molecule has 1 saturated carbocycles. The Morgan fingerprint density at radius 3 is 2.50 bits per heavy atom. The zero-order valence-electron chi connectivity index (χ0n) is 18.9. The lowest BCUT2D eigenvalue weighted by Crippen LogP contribution is -2.49. The highest BCUT2D eigenvalue weighted by Crippen LogP contribution is 2.45. The van der Waals surface area contributed by atoms with Crippen LogP contribution in [-0.2, 0) is 21.0 Å². The van der Waals surface area contributed by atoms with Gasteiger partial charge in [-0.2, -0.15) is 18.2 Å². The first-order valence-corrected chi connectivity index (χ1v) is 12.4. The fraction of sp³-hybridized carbons (Fsp3) is 0.600. The van der Waals surface area contributed by atoms with Crippen molar-refractivity contribution in [2.45, 2.75) is 63.5 Å². The first kappa shape index (κ1) is 25.9. The maximum atomic E-state index is 13.1. The number of ether oxygens (including phenoxy) is 1. The van der Waals surface area contributed by atoms with E-state index < -0.39 is 44.9 Å². The smallest absolute Gasteiger partial charge is 0.425 e. The number of aromatic nitrogens is 3. The molecule has 188 valence electrons. The molecule has 3 rings (SSSR count). The summed E-state index contributed by atoms with van der Waals surface area (Å²) in [5.41, 5.74) is -3.35. The van der Waals surface area contributed by atoms with Crippen LogP contribution in [0, 0.1) is 6.92 Å². The van der Waals surface area contributed by atoms with E-state index in [2.05, 4.69) is 20.4 Å². The van der Waals surface area contributed by atoms with E-state index in [-0.39, 0.29) is 28.7 Å². The summed E-state index contributed by atoms with van der Waals surface area (Å²) in [4.78, 5) is 21.0. The third-order valence-electron chi connectivity index (χ3n) is 5.51. The molecule has 14 heteroatoms. The van der Waals surface area contributed by atoms with E-state index in [1.54, 1.807) is 0 Å². The van der Waals surface area contributed by atoms with Crippen molar-refractivity contribution < 1.29 is 40.8 Å². The Hall–Kier alpha value is -2.74. The third-order valence-corrected chi connectivity index (χ3v) is 6.61. The van der Waals surface area contributed by atoms with Gasteiger partial charge in [0.05, 0.1) is 11.4 Å². The van der Waals surface area contributed by atoms with Gasteiger partial charge in [-0.25, -0.2) is 8.42 Å². The average Bonchev–Trinajstić information content (AvgIpc) is 3.11. The van der Waals surface area contributed by atoms with Gasteiger partial charge in [0.2, 0.25) is 5.89 Å². The molecule has 0 aliphatic heterocycles. The number of hydrogen-bond donors (Lipinski definition) is 2. The molecule has 2 aromatic heterocycles. The van der Waals surface area contributed by atoms with Crippen molar-refractivity contribution in [3.8, 4) is 5.75 Å². The first-order chi connectivity index (χ1) is 15.5. The molecule has 1 aliphatic rings. The summed E-state index contributed by atoms with van der Waals surface area (Å²) in [6.45, 7) is 3.65. The van der Waals surface area contributed by atoms with Crippen LogP contribution in [0.5, 0.6) is 5.75 Å². The molecule has 10 nitrogen and oxygen atoms in total. The lowest BCUT2D eigenvalue weighted by atomic mass is 9.75. The predicted molar refractivity (Wildman–Crippen MR) is 112 cm³/mol. The van der Waals surface area contributed by atoms with Crippen molar-refractivity contribution in [3.05, 3.63) is 35.2 Å². The van der Waals surface area contributed by atoms with Gasteiger partial charge in [-0.1, -0.05) is 5.16 Å². The number of nitrogens with one attached hydrogen (secondary N) is 1. The Morgan fingerprint density at radius 1 is 1.38 bits per heavy atom. The minimum absolute atomic E-state index is 0.0408. The van der Waals surface area contributed by atoms with E-state index in [4.69, 9.17) is 9.26 Å². The van der Waals surface area contributed by atoms with Crippen molar-refractivity contribution in [1.29, 1.82) is 0 Å². The van der Waals surface area contributed by atoms with E-state index in [9.17, 15) is 31.5 Å². The highest BCUT2D eigenvalue weighted by molar-refractivity contribution is 7.90. The van der Waals surface area contributed by atoms with E-state index in [0.717, 1.165) is 25.4 Å². The molecule has 2 N–H and O–H groups in total. The van der Waals surface area contributed by atoms with Gasteiger partial charge < -0.3 is 19.7 Å². The minimum atomic E-state index is -4.68. The summed E-state index contributed by atoms with van der Waals surface area (Å²) in [5.74, 6) is -1.81. The van der Waals surface area contributed by atoms with Crippen molar-refractivity contribution >= 4 is 15.7 Å². The Bertz CT molecular complexity index is 1180. The number of aliphatic hydroxyl groups is 1. The largest absolute Gasteiger partial charge is 0.481 e. The predicted octanol–water partition coefficient (Wildman–Crippen LogP) is 2.16. The standard InChI is InChI=1S/C20H25F3N4O6S/c1-11(20(21,22)23)32-15-8-14(24-9-13(15)19(29)6-5-7-19)16(28)26-18(3,10-34(4,30)31)17-25-12(2)33-27-17/h8-9,11,29H,5-7,10H2,1-4H3,(H,26,28)/t11-,18?/m0/s1. The van der Waals surface area contributed by atoms with Gasteiger partial charge in [-0.15, -0.1) is 0 Å². The molecule has 1 fully saturated rings. The summed E-state index contributed by atoms with van der Waals surface area (Å²) < 4.78 is 73.4. The maximum absolute atomic E-state index is 13.1. The second-order valence-corrected chi connectivity index (χ2v) is 10.9. The molecule has 0 aromatic carbocycles. The minimum Gasteiger partial charge on any atom is -0.481 e. The van der Waals surface area contributed by atoms with Crippen molar-refractivity contribution in [2.24, 2.45) is 0 Å². The summed E-state index contributed by atoms with van der Waals surface area (Å²) >= 11 is 0. The summed E-state index contributed by atoms with van der Waals surface area (Å²) in [7, 11) is -3.65. The van der Waals surface area contributed by atoms with Crippen LogP contribution in [0.15, 0.2) is 16.8 Å². The zero-order chi connectivity index (χ0) is 25.5. The fourth-order valence-corrected chi connectivity index (χ4v) is 4.82. The normalized spacial score (nSPS) is 18.5. The fourth-order valence-electron chi connectivity index (χ4n) is 3.57. The molecule has 0 radical (unpaired) electrons. The van der Waals surface area contributed by atoms with Crippen LogP contribution in [0.2, 0.25) is 0 Å². The molecule has 0 saturated heterocycles. The Morgan fingerprint density at radius 2 is 2.03 bits per heavy atom. The van der Waals surface area contributed by atoms with Gasteiger partial charge in [0.1, 0.15) is 26.8 Å². The number of carbonyl (C=O) groups excluding carboxylic acids is 1. The van der Waals surface area contributed by atoms with E-state index in [1.807, 2.05) is 0 Å². The van der Waals surface area contributed by atoms with Crippen LogP contribution in [0.1, 0.15) is 60.9 Å². The Labute approximate surface area is 193 Å². The van der Waals surface area contributed by atoms with Gasteiger partial charge in [-0.05, 0) is 33.1 Å². The number of rotatable bonds is 8. The maximum Gasteiger partial charge on any atom is 0.425 e.